The number of aromatic amines is 1. The molecule has 0 saturated carbocycles. The third-order valence-corrected chi connectivity index (χ3v) is 2.50. The molecule has 2 rings (SSSR count). The molecule has 1 N–H and O–H groups in total. The minimum atomic E-state index is -0.387. The van der Waals surface area contributed by atoms with Gasteiger partial charge in [0, 0.05) is 22.0 Å². The molecule has 16 heavy (non-hydrogen) atoms. The zero-order valence-corrected chi connectivity index (χ0v) is 9.48. The number of pyridine rings is 1. The molecular weight excluding hydrogens is 225 g/mol. The van der Waals surface area contributed by atoms with Crippen LogP contribution in [0.3, 0.4) is 0 Å². The molecule has 0 atom stereocenters. The maximum absolute atomic E-state index is 13.9. The first-order chi connectivity index (χ1) is 7.72. The zero-order valence-electron chi connectivity index (χ0n) is 8.66. The molecule has 0 aliphatic heterocycles. The van der Waals surface area contributed by atoms with E-state index in [0.717, 1.165) is 0 Å². The van der Waals surface area contributed by atoms with Crippen LogP contribution in [0, 0.1) is 10.3 Å². The lowest BCUT2D eigenvalue weighted by Crippen LogP contribution is -1.92. The van der Waals surface area contributed by atoms with Crippen LogP contribution in [-0.2, 0) is 0 Å². The largest absolute Gasteiger partial charge is 0.494 e. The Balaban J connectivity index is 2.60. The van der Waals surface area contributed by atoms with Crippen LogP contribution in [0.2, 0.25) is 0 Å². The number of rotatable bonds is 2. The van der Waals surface area contributed by atoms with E-state index < -0.39 is 0 Å². The van der Waals surface area contributed by atoms with Crippen molar-refractivity contribution in [1.82, 2.24) is 4.98 Å². The summed E-state index contributed by atoms with van der Waals surface area (Å²) in [5.74, 6) is -0.164. The van der Waals surface area contributed by atoms with Gasteiger partial charge >= 0.3 is 0 Å². The number of nitrogens with one attached hydrogen (secondary N) is 1. The molecule has 0 unspecified atom stereocenters. The second kappa shape index (κ2) is 4.45. The van der Waals surface area contributed by atoms with E-state index in [-0.39, 0.29) is 11.6 Å². The molecule has 1 aromatic heterocycles. The van der Waals surface area contributed by atoms with Gasteiger partial charge in [-0.05, 0) is 24.3 Å². The van der Waals surface area contributed by atoms with E-state index >= 15 is 0 Å². The Bertz CT molecular complexity index is 565. The van der Waals surface area contributed by atoms with Crippen molar-refractivity contribution in [3.8, 4) is 17.0 Å². The van der Waals surface area contributed by atoms with Gasteiger partial charge in [-0.25, -0.2) is 4.39 Å². The minimum Gasteiger partial charge on any atom is -0.494 e. The fourth-order valence-corrected chi connectivity index (χ4v) is 1.66. The van der Waals surface area contributed by atoms with Gasteiger partial charge in [-0.2, -0.15) is 0 Å². The molecule has 0 amide bonds. The molecule has 82 valence electrons. The maximum atomic E-state index is 13.9. The third-order valence-electron chi connectivity index (χ3n) is 2.25. The van der Waals surface area contributed by atoms with Crippen molar-refractivity contribution in [2.45, 2.75) is 0 Å². The molecule has 2 aromatic rings. The van der Waals surface area contributed by atoms with Crippen LogP contribution in [-0.4, -0.2) is 12.1 Å². The maximum Gasteiger partial charge on any atom is 0.174 e. The van der Waals surface area contributed by atoms with Gasteiger partial charge < -0.3 is 9.72 Å². The van der Waals surface area contributed by atoms with Gasteiger partial charge in [-0.15, -0.1) is 0 Å². The first kappa shape index (κ1) is 10.8. The predicted octanol–water partition coefficient (Wildman–Crippen LogP) is 3.56. The summed E-state index contributed by atoms with van der Waals surface area (Å²) in [6.07, 6.45) is 1.69. The summed E-state index contributed by atoms with van der Waals surface area (Å²) in [5.41, 5.74) is 1.09. The summed E-state index contributed by atoms with van der Waals surface area (Å²) in [4.78, 5) is 2.96. The topological polar surface area (TPSA) is 25.0 Å². The van der Waals surface area contributed by atoms with Crippen LogP contribution >= 0.6 is 12.2 Å². The monoisotopic (exact) mass is 235 g/mol. The smallest absolute Gasteiger partial charge is 0.174 e. The summed E-state index contributed by atoms with van der Waals surface area (Å²) in [7, 11) is 1.44. The van der Waals surface area contributed by atoms with Crippen molar-refractivity contribution in [3.63, 3.8) is 0 Å². The van der Waals surface area contributed by atoms with Gasteiger partial charge in [0.25, 0.3) is 0 Å². The fraction of sp³-hybridized carbons (Fsp3) is 0.0833. The lowest BCUT2D eigenvalue weighted by Gasteiger charge is -2.07. The number of methoxy groups -OCH3 is 1. The van der Waals surface area contributed by atoms with Gasteiger partial charge in [0.1, 0.15) is 0 Å². The SMILES string of the molecule is COc1cccc(-c2cc(=S)cc[nH]2)c1F. The summed E-state index contributed by atoms with van der Waals surface area (Å²) < 4.78 is 19.5. The number of halogens is 1. The number of H-pyrrole nitrogens is 1. The molecular formula is C12H10FNOS. The van der Waals surface area contributed by atoms with E-state index in [1.807, 2.05) is 0 Å². The number of aromatic nitrogens is 1. The summed E-state index contributed by atoms with van der Waals surface area (Å²) in [6, 6.07) is 8.46. The molecule has 0 radical (unpaired) electrons. The fourth-order valence-electron chi connectivity index (χ4n) is 1.48. The van der Waals surface area contributed by atoms with E-state index in [1.54, 1.807) is 36.5 Å². The standard InChI is InChI=1S/C12H10FNOS/c1-15-11-4-2-3-9(12(11)13)10-7-8(16)5-6-14-10/h2-7H,1H3,(H,14,16). The first-order valence-electron chi connectivity index (χ1n) is 4.74. The highest BCUT2D eigenvalue weighted by molar-refractivity contribution is 7.71. The first-order valence-corrected chi connectivity index (χ1v) is 5.15. The highest BCUT2D eigenvalue weighted by atomic mass is 32.1. The highest BCUT2D eigenvalue weighted by Crippen LogP contribution is 2.27. The van der Waals surface area contributed by atoms with Gasteiger partial charge in [0.15, 0.2) is 11.6 Å². The second-order valence-electron chi connectivity index (χ2n) is 3.26. The molecule has 0 saturated heterocycles. The highest BCUT2D eigenvalue weighted by Gasteiger charge is 2.09. The van der Waals surface area contributed by atoms with Gasteiger partial charge in [0.2, 0.25) is 0 Å². The van der Waals surface area contributed by atoms with Crippen LogP contribution in [0.4, 0.5) is 4.39 Å². The van der Waals surface area contributed by atoms with Crippen LogP contribution in [0.5, 0.6) is 5.75 Å². The van der Waals surface area contributed by atoms with Crippen molar-refractivity contribution >= 4 is 12.2 Å². The van der Waals surface area contributed by atoms with E-state index in [4.69, 9.17) is 17.0 Å². The summed E-state index contributed by atoms with van der Waals surface area (Å²) >= 11 is 5.03. The Morgan fingerprint density at radius 1 is 1.31 bits per heavy atom. The van der Waals surface area contributed by atoms with Crippen molar-refractivity contribution in [2.75, 3.05) is 7.11 Å². The normalized spacial score (nSPS) is 10.1. The Labute approximate surface area is 97.7 Å². The number of hydrogen-bond donors (Lipinski definition) is 1. The number of hydrogen-bond acceptors (Lipinski definition) is 2. The van der Waals surface area contributed by atoms with Crippen molar-refractivity contribution in [2.24, 2.45) is 0 Å². The van der Waals surface area contributed by atoms with E-state index in [0.29, 0.717) is 15.8 Å². The molecule has 0 spiro atoms. The van der Waals surface area contributed by atoms with Crippen LogP contribution in [0.1, 0.15) is 0 Å². The molecule has 0 bridgehead atoms. The van der Waals surface area contributed by atoms with Gasteiger partial charge in [-0.3, -0.25) is 0 Å². The quantitative estimate of drug-likeness (QED) is 0.805. The van der Waals surface area contributed by atoms with Crippen LogP contribution in [0.25, 0.3) is 11.3 Å². The molecule has 0 aliphatic carbocycles. The van der Waals surface area contributed by atoms with Gasteiger partial charge in [0.05, 0.1) is 7.11 Å². The van der Waals surface area contributed by atoms with E-state index in [2.05, 4.69) is 4.98 Å². The lowest BCUT2D eigenvalue weighted by atomic mass is 10.1. The Morgan fingerprint density at radius 2 is 2.12 bits per heavy atom. The van der Waals surface area contributed by atoms with Gasteiger partial charge in [-0.1, -0.05) is 18.3 Å². The average Bonchev–Trinajstić information content (AvgIpc) is 2.29. The Hall–Kier alpha value is -1.68. The summed E-state index contributed by atoms with van der Waals surface area (Å²) in [6.45, 7) is 0. The third kappa shape index (κ3) is 1.97. The lowest BCUT2D eigenvalue weighted by molar-refractivity contribution is 0.387. The van der Waals surface area contributed by atoms with Crippen LogP contribution in [0.15, 0.2) is 36.5 Å². The molecule has 0 fully saturated rings. The molecule has 1 aromatic carbocycles. The number of benzene rings is 1. The van der Waals surface area contributed by atoms with Crippen LogP contribution < -0.4 is 4.74 Å². The van der Waals surface area contributed by atoms with E-state index in [9.17, 15) is 4.39 Å². The van der Waals surface area contributed by atoms with Crippen molar-refractivity contribution in [1.29, 1.82) is 0 Å². The van der Waals surface area contributed by atoms with Crippen molar-refractivity contribution < 1.29 is 9.13 Å². The van der Waals surface area contributed by atoms with Crippen molar-refractivity contribution in [3.05, 3.63) is 46.9 Å². The molecule has 4 heteroatoms. The predicted molar refractivity (Wildman–Crippen MR) is 63.6 cm³/mol. The molecule has 0 aliphatic rings. The summed E-state index contributed by atoms with van der Waals surface area (Å²) in [5, 5.41) is 0. The minimum absolute atomic E-state index is 0.223. The number of ether oxygens (including phenoxy) is 1. The Kier molecular flexibility index (Phi) is 3.01. The van der Waals surface area contributed by atoms with E-state index in [1.165, 1.54) is 7.11 Å². The Morgan fingerprint density at radius 3 is 2.81 bits per heavy atom. The molecule has 2 nitrogen and oxygen atoms in total. The average molecular weight is 235 g/mol. The second-order valence-corrected chi connectivity index (χ2v) is 3.73. The zero-order chi connectivity index (χ0) is 11.5. The molecule has 1 heterocycles.